The minimum Gasteiger partial charge on any atom is -0.352 e. The molecule has 0 bridgehead atoms. The second kappa shape index (κ2) is 9.95. The number of amides is 1. The lowest BCUT2D eigenvalue weighted by molar-refractivity contribution is -0.124. The summed E-state index contributed by atoms with van der Waals surface area (Å²) < 4.78 is 1.91. The van der Waals surface area contributed by atoms with Gasteiger partial charge in [0, 0.05) is 39.7 Å². The van der Waals surface area contributed by atoms with Gasteiger partial charge in [-0.2, -0.15) is 5.26 Å². The fraction of sp³-hybridized carbons (Fsp3) is 0.179. The summed E-state index contributed by atoms with van der Waals surface area (Å²) in [5, 5.41) is 12.6. The number of imidazole rings is 1. The van der Waals surface area contributed by atoms with Crippen LogP contribution in [0.5, 0.6) is 0 Å². The number of ketones is 1. The van der Waals surface area contributed by atoms with Crippen LogP contribution in [0.3, 0.4) is 0 Å². The van der Waals surface area contributed by atoms with Crippen LogP contribution in [0.15, 0.2) is 84.6 Å². The molecule has 0 unspecified atom stereocenters. The minimum absolute atomic E-state index is 0.00971. The number of hydrogen-bond acceptors (Lipinski definition) is 7. The van der Waals surface area contributed by atoms with Crippen molar-refractivity contribution in [3.05, 3.63) is 90.1 Å². The van der Waals surface area contributed by atoms with E-state index in [-0.39, 0.29) is 36.6 Å². The largest absolute Gasteiger partial charge is 0.352 e. The third-order valence-electron chi connectivity index (χ3n) is 6.43. The highest BCUT2D eigenvalue weighted by Crippen LogP contribution is 2.40. The number of rotatable bonds is 7. The summed E-state index contributed by atoms with van der Waals surface area (Å²) in [7, 11) is 3.65. The maximum absolute atomic E-state index is 12.9. The molecule has 0 radical (unpaired) electrons. The Labute approximate surface area is 214 Å². The number of carbonyl (C=O) groups is 2. The monoisotopic (exact) mass is 491 g/mol. The number of Topliss-reactive ketones (excluding diaryl/α,β-unsaturated/α-hetero) is 1. The number of para-hydroxylation sites is 4. The van der Waals surface area contributed by atoms with Crippen molar-refractivity contribution in [1.29, 1.82) is 5.26 Å². The van der Waals surface area contributed by atoms with Crippen LogP contribution in [0, 0.1) is 11.3 Å². The molecule has 1 aliphatic heterocycles. The van der Waals surface area contributed by atoms with Crippen LogP contribution >= 0.6 is 0 Å². The lowest BCUT2D eigenvalue weighted by Crippen LogP contribution is -2.27. The van der Waals surface area contributed by atoms with E-state index in [9.17, 15) is 14.9 Å². The highest BCUT2D eigenvalue weighted by molar-refractivity contribution is 6.03. The van der Waals surface area contributed by atoms with Crippen molar-refractivity contribution in [1.82, 2.24) is 19.9 Å². The summed E-state index contributed by atoms with van der Waals surface area (Å²) in [5.74, 6) is 0.621. The third-order valence-corrected chi connectivity index (χ3v) is 6.43. The molecule has 2 aromatic heterocycles. The summed E-state index contributed by atoms with van der Waals surface area (Å²) in [6.07, 6.45) is 3.37. The van der Waals surface area contributed by atoms with Crippen molar-refractivity contribution in [3.63, 3.8) is 0 Å². The van der Waals surface area contributed by atoms with Crippen LogP contribution in [0.2, 0.25) is 0 Å². The van der Waals surface area contributed by atoms with Gasteiger partial charge in [0.2, 0.25) is 5.91 Å². The van der Waals surface area contributed by atoms with Crippen molar-refractivity contribution in [2.24, 2.45) is 0 Å². The third kappa shape index (κ3) is 4.52. The number of carbonyl (C=O) groups excluding carboxylic acids is 2. The van der Waals surface area contributed by atoms with Gasteiger partial charge in [0.15, 0.2) is 5.78 Å². The lowest BCUT2D eigenvalue weighted by atomic mass is 10.1. The van der Waals surface area contributed by atoms with E-state index in [2.05, 4.69) is 15.3 Å². The normalized spacial score (nSPS) is 12.4. The molecule has 2 aromatic carbocycles. The smallest absolute Gasteiger partial charge is 0.220 e. The van der Waals surface area contributed by atoms with E-state index in [1.807, 2.05) is 95.2 Å². The molecule has 4 aromatic rings. The topological polar surface area (TPSA) is 107 Å². The fourth-order valence-corrected chi connectivity index (χ4v) is 4.50. The molecule has 9 nitrogen and oxygen atoms in total. The number of aromatic nitrogens is 3. The molecular formula is C28H25N7O2. The number of nitrogens with one attached hydrogen (secondary N) is 1. The Morgan fingerprint density at radius 2 is 1.62 bits per heavy atom. The Morgan fingerprint density at radius 3 is 2.30 bits per heavy atom. The van der Waals surface area contributed by atoms with Gasteiger partial charge >= 0.3 is 0 Å². The average molecular weight is 492 g/mol. The van der Waals surface area contributed by atoms with E-state index < -0.39 is 0 Å². The second-order valence-electron chi connectivity index (χ2n) is 8.74. The number of anilines is 2. The lowest BCUT2D eigenvalue weighted by Gasteiger charge is -2.19. The molecular weight excluding hydrogens is 466 g/mol. The van der Waals surface area contributed by atoms with Gasteiger partial charge in [0.1, 0.15) is 29.6 Å². The average Bonchev–Trinajstić information content (AvgIpc) is 3.47. The van der Waals surface area contributed by atoms with Gasteiger partial charge in [-0.1, -0.05) is 30.3 Å². The molecule has 37 heavy (non-hydrogen) atoms. The van der Waals surface area contributed by atoms with E-state index in [0.717, 1.165) is 33.8 Å². The first-order valence-corrected chi connectivity index (χ1v) is 11.9. The van der Waals surface area contributed by atoms with Crippen molar-refractivity contribution < 1.29 is 9.59 Å². The van der Waals surface area contributed by atoms with Crippen molar-refractivity contribution in [3.8, 4) is 11.9 Å². The fourth-order valence-electron chi connectivity index (χ4n) is 4.50. The van der Waals surface area contributed by atoms with Crippen LogP contribution in [0.25, 0.3) is 16.9 Å². The number of fused-ring (bicyclic) bond motifs is 2. The Hall–Kier alpha value is -4.97. The maximum Gasteiger partial charge on any atom is 0.220 e. The molecule has 0 spiro atoms. The second-order valence-corrected chi connectivity index (χ2v) is 8.74. The van der Waals surface area contributed by atoms with E-state index >= 15 is 0 Å². The molecule has 0 atom stereocenters. The molecule has 1 N–H and O–H groups in total. The summed E-state index contributed by atoms with van der Waals surface area (Å²) in [6.45, 7) is 0.290. The molecule has 9 heteroatoms. The number of hydrogen-bond donors (Lipinski definition) is 1. The molecule has 1 amide bonds. The molecule has 0 aliphatic carbocycles. The van der Waals surface area contributed by atoms with Crippen molar-refractivity contribution in [2.45, 2.75) is 19.4 Å². The van der Waals surface area contributed by atoms with Gasteiger partial charge in [-0.25, -0.2) is 9.97 Å². The first-order valence-electron chi connectivity index (χ1n) is 11.9. The SMILES string of the molecule is CN1C(=C(C#N)C(=O)CCC(=O)NCc2ccc(-n3cnc4ccccc43)nc2)N(C)c2ccccc21. The van der Waals surface area contributed by atoms with Crippen LogP contribution in [0.4, 0.5) is 11.4 Å². The van der Waals surface area contributed by atoms with Crippen molar-refractivity contribution in [2.75, 3.05) is 23.9 Å². The Balaban J connectivity index is 1.18. The zero-order valence-corrected chi connectivity index (χ0v) is 20.5. The summed E-state index contributed by atoms with van der Waals surface area (Å²) >= 11 is 0. The van der Waals surface area contributed by atoms with E-state index in [1.165, 1.54) is 0 Å². The molecule has 0 saturated carbocycles. The summed E-state index contributed by atoms with van der Waals surface area (Å²) in [6, 6.07) is 21.3. The minimum atomic E-state index is -0.363. The molecule has 5 rings (SSSR count). The standard InChI is InChI=1S/C28H25N7O2/c1-33-23-9-5-6-10-24(23)34(2)28(33)20(15-29)25(36)12-14-27(37)31-17-19-11-13-26(30-16-19)35-18-32-21-7-3-4-8-22(21)35/h3-11,13,16,18H,12,14,17H2,1-2H3,(H,31,37). The summed E-state index contributed by atoms with van der Waals surface area (Å²) in [5.41, 5.74) is 4.56. The quantitative estimate of drug-likeness (QED) is 0.310. The Bertz CT molecular complexity index is 1530. The van der Waals surface area contributed by atoms with Gasteiger partial charge in [-0.3, -0.25) is 14.2 Å². The number of pyridine rings is 1. The van der Waals surface area contributed by atoms with E-state index in [0.29, 0.717) is 5.82 Å². The van der Waals surface area contributed by atoms with Crippen molar-refractivity contribution >= 4 is 34.1 Å². The van der Waals surface area contributed by atoms with Gasteiger partial charge in [0.05, 0.1) is 22.4 Å². The van der Waals surface area contributed by atoms with Crippen LogP contribution in [-0.4, -0.2) is 40.3 Å². The van der Waals surface area contributed by atoms with Crippen LogP contribution in [-0.2, 0) is 16.1 Å². The highest BCUT2D eigenvalue weighted by atomic mass is 16.2. The number of allylic oxidation sites excluding steroid dienone is 1. The zero-order chi connectivity index (χ0) is 25.9. The Morgan fingerprint density at radius 1 is 0.919 bits per heavy atom. The molecule has 1 aliphatic rings. The molecule has 184 valence electrons. The number of nitrogens with zero attached hydrogens (tertiary/aromatic N) is 6. The maximum atomic E-state index is 12.9. The number of benzene rings is 2. The van der Waals surface area contributed by atoms with Gasteiger partial charge in [-0.15, -0.1) is 0 Å². The zero-order valence-electron chi connectivity index (χ0n) is 20.5. The van der Waals surface area contributed by atoms with Gasteiger partial charge in [-0.05, 0) is 35.9 Å². The van der Waals surface area contributed by atoms with Crippen LogP contribution < -0.4 is 15.1 Å². The molecule has 0 fully saturated rings. The Kier molecular flexibility index (Phi) is 6.39. The first-order chi connectivity index (χ1) is 18.0. The number of nitriles is 1. The van der Waals surface area contributed by atoms with Gasteiger partial charge < -0.3 is 15.1 Å². The summed E-state index contributed by atoms with van der Waals surface area (Å²) in [4.78, 5) is 37.9. The highest BCUT2D eigenvalue weighted by Gasteiger charge is 2.31. The van der Waals surface area contributed by atoms with Gasteiger partial charge in [0.25, 0.3) is 0 Å². The first kappa shape index (κ1) is 23.8. The molecule has 3 heterocycles. The van der Waals surface area contributed by atoms with E-state index in [4.69, 9.17) is 0 Å². The van der Waals surface area contributed by atoms with E-state index in [1.54, 1.807) is 12.5 Å². The van der Waals surface area contributed by atoms with Crippen LogP contribution in [0.1, 0.15) is 18.4 Å². The predicted octanol–water partition coefficient (Wildman–Crippen LogP) is 3.71. The molecule has 0 saturated heterocycles. The predicted molar refractivity (Wildman–Crippen MR) is 141 cm³/mol.